The SMILES string of the molecule is O=C(COC(=O)C1CCC1)N[C@H](c1ccccc1)c1ccc(OC(F)F)cc1. The van der Waals surface area contributed by atoms with Crippen LogP contribution in [0.5, 0.6) is 5.75 Å². The summed E-state index contributed by atoms with van der Waals surface area (Å²) >= 11 is 0. The van der Waals surface area contributed by atoms with Crippen LogP contribution in [0.15, 0.2) is 54.6 Å². The molecule has 1 saturated carbocycles. The number of carbonyl (C=O) groups excluding carboxylic acids is 2. The van der Waals surface area contributed by atoms with Gasteiger partial charge in [0.1, 0.15) is 5.75 Å². The Morgan fingerprint density at radius 1 is 1.00 bits per heavy atom. The Morgan fingerprint density at radius 2 is 1.64 bits per heavy atom. The molecule has 0 bridgehead atoms. The number of halogens is 2. The number of nitrogens with one attached hydrogen (secondary N) is 1. The number of alkyl halides is 2. The average molecular weight is 389 g/mol. The van der Waals surface area contributed by atoms with Crippen LogP contribution in [0.4, 0.5) is 8.78 Å². The molecule has 0 spiro atoms. The molecule has 0 saturated heterocycles. The van der Waals surface area contributed by atoms with Gasteiger partial charge in [0.2, 0.25) is 0 Å². The van der Waals surface area contributed by atoms with Crippen LogP contribution in [0.1, 0.15) is 36.4 Å². The van der Waals surface area contributed by atoms with Gasteiger partial charge in [-0.05, 0) is 36.1 Å². The van der Waals surface area contributed by atoms with Crippen LogP contribution in [-0.2, 0) is 14.3 Å². The molecule has 2 aromatic carbocycles. The highest BCUT2D eigenvalue weighted by Gasteiger charge is 2.27. The number of ether oxygens (including phenoxy) is 2. The van der Waals surface area contributed by atoms with Crippen LogP contribution in [0.3, 0.4) is 0 Å². The van der Waals surface area contributed by atoms with Crippen molar-refractivity contribution in [3.05, 3.63) is 65.7 Å². The van der Waals surface area contributed by atoms with Crippen LogP contribution in [-0.4, -0.2) is 25.1 Å². The van der Waals surface area contributed by atoms with Gasteiger partial charge in [0.05, 0.1) is 12.0 Å². The second-order valence-corrected chi connectivity index (χ2v) is 6.59. The highest BCUT2D eigenvalue weighted by atomic mass is 19.3. The maximum Gasteiger partial charge on any atom is 0.387 e. The minimum atomic E-state index is -2.90. The number of esters is 1. The van der Waals surface area contributed by atoms with E-state index in [1.54, 1.807) is 12.1 Å². The number of amides is 1. The summed E-state index contributed by atoms with van der Waals surface area (Å²) in [5.74, 6) is -0.841. The van der Waals surface area contributed by atoms with Crippen molar-refractivity contribution in [1.82, 2.24) is 5.32 Å². The van der Waals surface area contributed by atoms with E-state index in [9.17, 15) is 18.4 Å². The molecule has 0 heterocycles. The van der Waals surface area contributed by atoms with Gasteiger partial charge in [0.25, 0.3) is 5.91 Å². The lowest BCUT2D eigenvalue weighted by atomic mass is 9.86. The van der Waals surface area contributed by atoms with E-state index in [1.807, 2.05) is 30.3 Å². The first-order chi connectivity index (χ1) is 13.5. The number of carbonyl (C=O) groups is 2. The summed E-state index contributed by atoms with van der Waals surface area (Å²) < 4.78 is 34.1. The molecule has 28 heavy (non-hydrogen) atoms. The molecular weight excluding hydrogens is 368 g/mol. The second-order valence-electron chi connectivity index (χ2n) is 6.59. The van der Waals surface area contributed by atoms with Crippen LogP contribution < -0.4 is 10.1 Å². The van der Waals surface area contributed by atoms with Crippen LogP contribution >= 0.6 is 0 Å². The van der Waals surface area contributed by atoms with Gasteiger partial charge in [-0.3, -0.25) is 9.59 Å². The smallest absolute Gasteiger partial charge is 0.387 e. The molecule has 1 aliphatic carbocycles. The minimum Gasteiger partial charge on any atom is -0.455 e. The van der Waals surface area contributed by atoms with Gasteiger partial charge in [0.15, 0.2) is 6.61 Å². The Balaban J connectivity index is 1.68. The number of rotatable bonds is 8. The third kappa shape index (κ3) is 5.28. The van der Waals surface area contributed by atoms with Crippen molar-refractivity contribution < 1.29 is 27.8 Å². The predicted octanol–water partition coefficient (Wildman–Crippen LogP) is 3.84. The zero-order valence-electron chi connectivity index (χ0n) is 15.1. The molecule has 1 fully saturated rings. The van der Waals surface area contributed by atoms with Gasteiger partial charge in [-0.25, -0.2) is 0 Å². The lowest BCUT2D eigenvalue weighted by molar-refractivity contribution is -0.155. The van der Waals surface area contributed by atoms with Crippen molar-refractivity contribution in [2.24, 2.45) is 5.92 Å². The second kappa shape index (κ2) is 9.30. The van der Waals surface area contributed by atoms with E-state index in [4.69, 9.17) is 4.74 Å². The lowest BCUT2D eigenvalue weighted by Gasteiger charge is -2.24. The highest BCUT2D eigenvalue weighted by molar-refractivity contribution is 5.82. The topological polar surface area (TPSA) is 64.6 Å². The zero-order chi connectivity index (χ0) is 19.9. The van der Waals surface area contributed by atoms with Gasteiger partial charge in [-0.15, -0.1) is 0 Å². The average Bonchev–Trinajstić information content (AvgIpc) is 2.64. The van der Waals surface area contributed by atoms with E-state index in [0.29, 0.717) is 5.56 Å². The molecule has 3 rings (SSSR count). The Hall–Kier alpha value is -2.96. The van der Waals surface area contributed by atoms with Gasteiger partial charge in [-0.1, -0.05) is 48.9 Å². The molecule has 2 aromatic rings. The Morgan fingerprint density at radius 3 is 2.21 bits per heavy atom. The fraction of sp³-hybridized carbons (Fsp3) is 0.333. The van der Waals surface area contributed by atoms with Crippen molar-refractivity contribution in [3.8, 4) is 5.75 Å². The lowest BCUT2D eigenvalue weighted by Crippen LogP contribution is -2.34. The summed E-state index contributed by atoms with van der Waals surface area (Å²) in [6.45, 7) is -3.26. The Bertz CT molecular complexity index is 792. The Labute approximate surface area is 161 Å². The van der Waals surface area contributed by atoms with Gasteiger partial charge < -0.3 is 14.8 Å². The monoisotopic (exact) mass is 389 g/mol. The van der Waals surface area contributed by atoms with E-state index in [-0.39, 0.29) is 24.2 Å². The molecule has 1 amide bonds. The molecular formula is C21H21F2NO4. The summed E-state index contributed by atoms with van der Waals surface area (Å²) in [7, 11) is 0. The maximum absolute atomic E-state index is 12.3. The van der Waals surface area contributed by atoms with Crippen molar-refractivity contribution in [2.75, 3.05) is 6.61 Å². The Kier molecular flexibility index (Phi) is 6.57. The highest BCUT2D eigenvalue weighted by Crippen LogP contribution is 2.27. The number of benzene rings is 2. The maximum atomic E-state index is 12.3. The zero-order valence-corrected chi connectivity index (χ0v) is 15.1. The summed E-state index contributed by atoms with van der Waals surface area (Å²) in [5, 5.41) is 2.84. The summed E-state index contributed by atoms with van der Waals surface area (Å²) in [4.78, 5) is 24.1. The minimum absolute atomic E-state index is 0.0336. The van der Waals surface area contributed by atoms with E-state index >= 15 is 0 Å². The predicted molar refractivity (Wildman–Crippen MR) is 97.8 cm³/mol. The standard InChI is InChI=1S/C21H21F2NO4/c22-21(23)28-17-11-9-15(10-12-17)19(14-5-2-1-3-6-14)24-18(25)13-27-20(26)16-7-4-8-16/h1-3,5-6,9-12,16,19,21H,4,7-8,13H2,(H,24,25)/t19-/m1/s1. The van der Waals surface area contributed by atoms with Crippen molar-refractivity contribution in [2.45, 2.75) is 31.9 Å². The molecule has 1 N–H and O–H groups in total. The van der Waals surface area contributed by atoms with Crippen molar-refractivity contribution in [3.63, 3.8) is 0 Å². The molecule has 1 aliphatic rings. The molecule has 0 unspecified atom stereocenters. The summed E-state index contributed by atoms with van der Waals surface area (Å²) in [6, 6.07) is 14.7. The van der Waals surface area contributed by atoms with E-state index in [0.717, 1.165) is 24.8 Å². The van der Waals surface area contributed by atoms with E-state index in [1.165, 1.54) is 12.1 Å². The summed E-state index contributed by atoms with van der Waals surface area (Å²) in [6.07, 6.45) is 2.62. The molecule has 7 heteroatoms. The van der Waals surface area contributed by atoms with Crippen molar-refractivity contribution in [1.29, 1.82) is 0 Å². The van der Waals surface area contributed by atoms with Crippen molar-refractivity contribution >= 4 is 11.9 Å². The first kappa shape index (κ1) is 19.8. The quantitative estimate of drug-likeness (QED) is 0.697. The first-order valence-electron chi connectivity index (χ1n) is 9.08. The molecule has 1 atom stereocenters. The third-order valence-corrected chi connectivity index (χ3v) is 4.66. The third-order valence-electron chi connectivity index (χ3n) is 4.66. The summed E-state index contributed by atoms with van der Waals surface area (Å²) in [5.41, 5.74) is 1.50. The fourth-order valence-corrected chi connectivity index (χ4v) is 2.95. The molecule has 5 nitrogen and oxygen atoms in total. The van der Waals surface area contributed by atoms with Gasteiger partial charge >= 0.3 is 12.6 Å². The largest absolute Gasteiger partial charge is 0.455 e. The van der Waals surface area contributed by atoms with E-state index in [2.05, 4.69) is 10.1 Å². The first-order valence-corrected chi connectivity index (χ1v) is 9.08. The fourth-order valence-electron chi connectivity index (χ4n) is 2.95. The normalized spacial score (nSPS) is 14.8. The van der Waals surface area contributed by atoms with E-state index < -0.39 is 18.6 Å². The van der Waals surface area contributed by atoms with Gasteiger partial charge in [-0.2, -0.15) is 8.78 Å². The number of hydrogen-bond donors (Lipinski definition) is 1. The molecule has 0 aromatic heterocycles. The van der Waals surface area contributed by atoms with Crippen LogP contribution in [0.2, 0.25) is 0 Å². The molecule has 0 radical (unpaired) electrons. The molecule has 0 aliphatic heterocycles. The number of hydrogen-bond acceptors (Lipinski definition) is 4. The molecule has 148 valence electrons. The van der Waals surface area contributed by atoms with Crippen LogP contribution in [0, 0.1) is 5.92 Å². The van der Waals surface area contributed by atoms with Gasteiger partial charge in [0, 0.05) is 0 Å². The van der Waals surface area contributed by atoms with Crippen LogP contribution in [0.25, 0.3) is 0 Å².